The molecule has 0 amide bonds. The maximum atomic E-state index is 11.5. The molecule has 0 spiro atoms. The molecule has 0 heterocycles. The molecule has 2 saturated carbocycles. The number of hydrogen-bond acceptors (Lipinski definition) is 3. The molecule has 4 heteroatoms. The zero-order chi connectivity index (χ0) is 17.9. The molecule has 1 unspecified atom stereocenters. The van der Waals surface area contributed by atoms with Gasteiger partial charge in [-0.1, -0.05) is 41.9 Å². The van der Waals surface area contributed by atoms with Crippen molar-refractivity contribution in [2.24, 2.45) is 23.2 Å². The largest absolute Gasteiger partial charge is 0.466 e. The predicted molar refractivity (Wildman–Crippen MR) is 101 cm³/mol. The SMILES string of the molecule is C=C(C[C@@H](O)C[C@@H](C)[C@H]1CCC2C(=CBr)CCC[C@@]21C)C(=O)OC. The van der Waals surface area contributed by atoms with Crippen LogP contribution in [0.2, 0.25) is 0 Å². The average Bonchev–Trinajstić information content (AvgIpc) is 2.90. The third-order valence-electron chi connectivity index (χ3n) is 6.46. The van der Waals surface area contributed by atoms with E-state index >= 15 is 0 Å². The van der Waals surface area contributed by atoms with Gasteiger partial charge in [-0.3, -0.25) is 0 Å². The van der Waals surface area contributed by atoms with Crippen molar-refractivity contribution in [3.8, 4) is 0 Å². The van der Waals surface area contributed by atoms with Gasteiger partial charge in [-0.15, -0.1) is 0 Å². The minimum atomic E-state index is -0.524. The number of hydrogen-bond donors (Lipinski definition) is 1. The lowest BCUT2D eigenvalue weighted by Gasteiger charge is -2.44. The van der Waals surface area contributed by atoms with E-state index in [1.54, 1.807) is 5.57 Å². The molecule has 24 heavy (non-hydrogen) atoms. The molecular formula is C20H31BrO3. The number of carbonyl (C=O) groups is 1. The van der Waals surface area contributed by atoms with Crippen LogP contribution in [0.1, 0.15) is 58.8 Å². The molecular weight excluding hydrogens is 368 g/mol. The van der Waals surface area contributed by atoms with Crippen LogP contribution in [0.3, 0.4) is 0 Å². The zero-order valence-corrected chi connectivity index (χ0v) is 16.8. The lowest BCUT2D eigenvalue weighted by Crippen LogP contribution is -2.36. The van der Waals surface area contributed by atoms with Crippen LogP contribution in [-0.2, 0) is 9.53 Å². The van der Waals surface area contributed by atoms with Crippen LogP contribution < -0.4 is 0 Å². The standard InChI is InChI=1S/C20H31BrO3/c1-13(10-16(22)11-14(2)19(23)24-4)17-7-8-18-15(12-21)6-5-9-20(17,18)3/h12-13,16-18,22H,2,5-11H2,1,3-4H3/t13-,16+,17-,18?,20-/m1/s1. The topological polar surface area (TPSA) is 46.5 Å². The first-order chi connectivity index (χ1) is 11.3. The minimum Gasteiger partial charge on any atom is -0.466 e. The molecule has 0 saturated heterocycles. The molecule has 136 valence electrons. The number of halogens is 1. The van der Waals surface area contributed by atoms with E-state index in [1.165, 1.54) is 39.2 Å². The van der Waals surface area contributed by atoms with Crippen LogP contribution in [0, 0.1) is 23.2 Å². The van der Waals surface area contributed by atoms with Gasteiger partial charge >= 0.3 is 5.97 Å². The van der Waals surface area contributed by atoms with Crippen molar-refractivity contribution in [2.75, 3.05) is 7.11 Å². The van der Waals surface area contributed by atoms with Gasteiger partial charge in [0.15, 0.2) is 0 Å². The summed E-state index contributed by atoms with van der Waals surface area (Å²) in [4.78, 5) is 13.6. The van der Waals surface area contributed by atoms with Gasteiger partial charge in [0.25, 0.3) is 0 Å². The summed E-state index contributed by atoms with van der Waals surface area (Å²) in [5.74, 6) is 1.33. The molecule has 2 aliphatic rings. The fraction of sp³-hybridized carbons (Fsp3) is 0.750. The first-order valence-corrected chi connectivity index (χ1v) is 9.98. The summed E-state index contributed by atoms with van der Waals surface area (Å²) in [7, 11) is 1.35. The van der Waals surface area contributed by atoms with Crippen LogP contribution in [0.25, 0.3) is 0 Å². The lowest BCUT2D eigenvalue weighted by molar-refractivity contribution is -0.136. The van der Waals surface area contributed by atoms with E-state index < -0.39 is 12.1 Å². The summed E-state index contributed by atoms with van der Waals surface area (Å²) >= 11 is 3.56. The molecule has 2 rings (SSSR count). The van der Waals surface area contributed by atoms with Crippen LogP contribution in [0.15, 0.2) is 22.7 Å². The average molecular weight is 399 g/mol. The molecule has 2 fully saturated rings. The number of aliphatic hydroxyl groups excluding tert-OH is 1. The van der Waals surface area contributed by atoms with Gasteiger partial charge < -0.3 is 9.84 Å². The Bertz CT molecular complexity index is 513. The summed E-state index contributed by atoms with van der Waals surface area (Å²) in [6, 6.07) is 0. The summed E-state index contributed by atoms with van der Waals surface area (Å²) in [6.07, 6.45) is 6.74. The van der Waals surface area contributed by atoms with Crippen molar-refractivity contribution in [2.45, 2.75) is 64.9 Å². The van der Waals surface area contributed by atoms with Crippen molar-refractivity contribution >= 4 is 21.9 Å². The number of ether oxygens (including phenoxy) is 1. The van der Waals surface area contributed by atoms with E-state index in [1.807, 2.05) is 0 Å². The van der Waals surface area contributed by atoms with Crippen molar-refractivity contribution in [1.82, 2.24) is 0 Å². The number of methoxy groups -OCH3 is 1. The van der Waals surface area contributed by atoms with Crippen LogP contribution in [0.5, 0.6) is 0 Å². The third kappa shape index (κ3) is 3.96. The highest BCUT2D eigenvalue weighted by molar-refractivity contribution is 9.11. The zero-order valence-electron chi connectivity index (χ0n) is 15.2. The van der Waals surface area contributed by atoms with E-state index in [0.29, 0.717) is 35.2 Å². The summed E-state index contributed by atoms with van der Waals surface area (Å²) in [6.45, 7) is 8.43. The number of fused-ring (bicyclic) bond motifs is 1. The lowest BCUT2D eigenvalue weighted by atomic mass is 9.61. The molecule has 0 radical (unpaired) electrons. The van der Waals surface area contributed by atoms with Gasteiger partial charge in [-0.05, 0) is 66.7 Å². The van der Waals surface area contributed by atoms with E-state index in [-0.39, 0.29) is 0 Å². The third-order valence-corrected chi connectivity index (χ3v) is 7.05. The Kier molecular flexibility index (Phi) is 6.72. The molecule has 0 aliphatic heterocycles. The van der Waals surface area contributed by atoms with Gasteiger partial charge in [0.05, 0.1) is 13.2 Å². The molecule has 0 aromatic heterocycles. The summed E-state index contributed by atoms with van der Waals surface area (Å²) in [5.41, 5.74) is 2.27. The summed E-state index contributed by atoms with van der Waals surface area (Å²) < 4.78 is 4.67. The van der Waals surface area contributed by atoms with Gasteiger partial charge in [0, 0.05) is 12.0 Å². The van der Waals surface area contributed by atoms with Gasteiger partial charge in [-0.25, -0.2) is 4.79 Å². The van der Waals surface area contributed by atoms with E-state index in [9.17, 15) is 9.90 Å². The number of carbonyl (C=O) groups excluding carboxylic acids is 1. The van der Waals surface area contributed by atoms with Crippen LogP contribution in [0.4, 0.5) is 0 Å². The minimum absolute atomic E-state index is 0.302. The first-order valence-electron chi connectivity index (χ1n) is 9.06. The Labute approximate surface area is 154 Å². The second kappa shape index (κ2) is 8.18. The normalized spacial score (nSPS) is 33.8. The number of allylic oxidation sites excluding steroid dienone is 1. The smallest absolute Gasteiger partial charge is 0.333 e. The van der Waals surface area contributed by atoms with E-state index in [2.05, 4.69) is 46.1 Å². The molecule has 0 aromatic rings. The highest BCUT2D eigenvalue weighted by atomic mass is 79.9. The molecule has 2 aliphatic carbocycles. The Morgan fingerprint density at radius 2 is 2.25 bits per heavy atom. The van der Waals surface area contributed by atoms with Crippen LogP contribution in [-0.4, -0.2) is 24.3 Å². The molecule has 0 aromatic carbocycles. The fourth-order valence-corrected chi connectivity index (χ4v) is 5.88. The van der Waals surface area contributed by atoms with Crippen molar-refractivity contribution in [3.05, 3.63) is 22.7 Å². The Hall–Kier alpha value is -0.610. The molecule has 1 N–H and O–H groups in total. The monoisotopic (exact) mass is 398 g/mol. The maximum Gasteiger partial charge on any atom is 0.333 e. The first kappa shape index (κ1) is 19.7. The summed E-state index contributed by atoms with van der Waals surface area (Å²) in [5, 5.41) is 10.4. The fourth-order valence-electron chi connectivity index (χ4n) is 5.33. The number of aliphatic hydroxyl groups is 1. The molecule has 3 nitrogen and oxygen atoms in total. The second-order valence-electron chi connectivity index (χ2n) is 7.95. The maximum absolute atomic E-state index is 11.5. The van der Waals surface area contributed by atoms with Crippen molar-refractivity contribution < 1.29 is 14.6 Å². The Morgan fingerprint density at radius 1 is 1.54 bits per heavy atom. The molecule has 0 bridgehead atoms. The van der Waals surface area contributed by atoms with Crippen molar-refractivity contribution in [1.29, 1.82) is 0 Å². The number of esters is 1. The number of rotatable bonds is 6. The van der Waals surface area contributed by atoms with Crippen LogP contribution >= 0.6 is 15.9 Å². The molecule has 5 atom stereocenters. The van der Waals surface area contributed by atoms with E-state index in [0.717, 1.165) is 6.42 Å². The predicted octanol–water partition coefficient (Wildman–Crippen LogP) is 4.99. The highest BCUT2D eigenvalue weighted by Crippen LogP contribution is 2.60. The highest BCUT2D eigenvalue weighted by Gasteiger charge is 2.50. The van der Waals surface area contributed by atoms with Crippen molar-refractivity contribution in [3.63, 3.8) is 0 Å². The second-order valence-corrected chi connectivity index (χ2v) is 8.40. The van der Waals surface area contributed by atoms with Gasteiger partial charge in [0.2, 0.25) is 0 Å². The van der Waals surface area contributed by atoms with Gasteiger partial charge in [0.1, 0.15) is 0 Å². The Morgan fingerprint density at radius 3 is 2.88 bits per heavy atom. The van der Waals surface area contributed by atoms with Gasteiger partial charge in [-0.2, -0.15) is 0 Å². The van der Waals surface area contributed by atoms with E-state index in [4.69, 9.17) is 0 Å². The quantitative estimate of drug-likeness (QED) is 0.506. The Balaban J connectivity index is 1.98.